The second kappa shape index (κ2) is 7.92. The number of hydrogen-bond donors (Lipinski definition) is 2. The van der Waals surface area contributed by atoms with Crippen molar-refractivity contribution in [3.63, 3.8) is 0 Å². The molecule has 0 bridgehead atoms. The molecule has 146 valence electrons. The monoisotopic (exact) mass is 397 g/mol. The van der Waals surface area contributed by atoms with E-state index in [1.807, 2.05) is 30.3 Å². The summed E-state index contributed by atoms with van der Waals surface area (Å²) in [5.41, 5.74) is 2.42. The van der Waals surface area contributed by atoms with Crippen LogP contribution in [0.25, 0.3) is 34.2 Å². The molecule has 3 aromatic carbocycles. The standard InChI is InChI=1S/C23H15N3O4/c27-22(28)17-10-6-15(7-11-17)20-24-19(14-4-2-1-3-5-14)25-21(26-20)16-8-12-18(13-9-16)23(29)30/h1-13H,(H,27,28)(H,29,30). The third-order valence-electron chi connectivity index (χ3n) is 4.45. The Hall–Kier alpha value is -4.39. The van der Waals surface area contributed by atoms with Crippen LogP contribution in [-0.2, 0) is 0 Å². The summed E-state index contributed by atoms with van der Waals surface area (Å²) in [6.07, 6.45) is 0. The van der Waals surface area contributed by atoms with Crippen molar-refractivity contribution in [3.8, 4) is 34.2 Å². The third-order valence-corrected chi connectivity index (χ3v) is 4.45. The van der Waals surface area contributed by atoms with E-state index in [-0.39, 0.29) is 11.1 Å². The van der Waals surface area contributed by atoms with Crippen LogP contribution in [0.3, 0.4) is 0 Å². The molecule has 0 fully saturated rings. The molecule has 0 aliphatic heterocycles. The molecule has 7 nitrogen and oxygen atoms in total. The van der Waals surface area contributed by atoms with Crippen molar-refractivity contribution in [2.75, 3.05) is 0 Å². The van der Waals surface area contributed by atoms with E-state index in [1.54, 1.807) is 24.3 Å². The first-order valence-electron chi connectivity index (χ1n) is 9.00. The van der Waals surface area contributed by atoms with Gasteiger partial charge in [-0.2, -0.15) is 0 Å². The first-order chi connectivity index (χ1) is 14.5. The summed E-state index contributed by atoms with van der Waals surface area (Å²) in [4.78, 5) is 35.9. The van der Waals surface area contributed by atoms with E-state index in [2.05, 4.69) is 15.0 Å². The van der Waals surface area contributed by atoms with Crippen LogP contribution in [0.1, 0.15) is 20.7 Å². The summed E-state index contributed by atoms with van der Waals surface area (Å²) in [5.74, 6) is -0.792. The van der Waals surface area contributed by atoms with Crippen LogP contribution in [0.5, 0.6) is 0 Å². The Kier molecular flexibility index (Phi) is 5.00. The first kappa shape index (κ1) is 18.9. The van der Waals surface area contributed by atoms with Gasteiger partial charge in [0.1, 0.15) is 0 Å². The molecule has 0 atom stereocenters. The van der Waals surface area contributed by atoms with Gasteiger partial charge in [-0.25, -0.2) is 24.5 Å². The van der Waals surface area contributed by atoms with E-state index in [0.29, 0.717) is 28.6 Å². The lowest BCUT2D eigenvalue weighted by molar-refractivity contribution is 0.0686. The van der Waals surface area contributed by atoms with Gasteiger partial charge in [-0.05, 0) is 24.3 Å². The molecule has 0 amide bonds. The molecule has 7 heteroatoms. The summed E-state index contributed by atoms with van der Waals surface area (Å²) in [6.45, 7) is 0. The Morgan fingerprint density at radius 1 is 0.500 bits per heavy atom. The molecule has 0 spiro atoms. The molecule has 0 radical (unpaired) electrons. The summed E-state index contributed by atoms with van der Waals surface area (Å²) in [5, 5.41) is 18.2. The van der Waals surface area contributed by atoms with Gasteiger partial charge in [0.25, 0.3) is 0 Å². The Morgan fingerprint density at radius 3 is 1.17 bits per heavy atom. The fourth-order valence-corrected chi connectivity index (χ4v) is 2.87. The predicted molar refractivity (Wildman–Crippen MR) is 110 cm³/mol. The topological polar surface area (TPSA) is 113 Å². The van der Waals surface area contributed by atoms with Crippen molar-refractivity contribution in [3.05, 3.63) is 90.0 Å². The Bertz CT molecular complexity index is 1150. The number of nitrogens with zero attached hydrogens (tertiary/aromatic N) is 3. The largest absolute Gasteiger partial charge is 0.478 e. The van der Waals surface area contributed by atoms with Crippen LogP contribution >= 0.6 is 0 Å². The van der Waals surface area contributed by atoms with Crippen LogP contribution in [0, 0.1) is 0 Å². The molecule has 1 aromatic heterocycles. The number of benzene rings is 3. The van der Waals surface area contributed by atoms with Crippen molar-refractivity contribution in [1.82, 2.24) is 15.0 Å². The summed E-state index contributed by atoms with van der Waals surface area (Å²) in [6, 6.07) is 21.9. The highest BCUT2D eigenvalue weighted by atomic mass is 16.4. The number of carboxylic acids is 2. The molecular weight excluding hydrogens is 382 g/mol. The maximum atomic E-state index is 11.1. The van der Waals surface area contributed by atoms with E-state index in [4.69, 9.17) is 10.2 Å². The maximum Gasteiger partial charge on any atom is 0.335 e. The second-order valence-electron chi connectivity index (χ2n) is 6.44. The minimum absolute atomic E-state index is 0.167. The Balaban J connectivity index is 1.84. The number of carbonyl (C=O) groups is 2. The predicted octanol–water partition coefficient (Wildman–Crippen LogP) is 4.27. The molecule has 4 rings (SSSR count). The summed E-state index contributed by atoms with van der Waals surface area (Å²) in [7, 11) is 0. The molecule has 2 N–H and O–H groups in total. The Morgan fingerprint density at radius 2 is 0.833 bits per heavy atom. The number of aromatic carboxylic acids is 2. The summed E-state index contributed by atoms with van der Waals surface area (Å²) >= 11 is 0. The molecule has 30 heavy (non-hydrogen) atoms. The first-order valence-corrected chi connectivity index (χ1v) is 9.00. The molecule has 4 aromatic rings. The lowest BCUT2D eigenvalue weighted by Gasteiger charge is -2.08. The van der Waals surface area contributed by atoms with Crippen molar-refractivity contribution >= 4 is 11.9 Å². The van der Waals surface area contributed by atoms with Crippen molar-refractivity contribution in [1.29, 1.82) is 0 Å². The van der Waals surface area contributed by atoms with Gasteiger partial charge < -0.3 is 10.2 Å². The van der Waals surface area contributed by atoms with Gasteiger partial charge in [0.05, 0.1) is 11.1 Å². The third kappa shape index (κ3) is 3.90. The minimum atomic E-state index is -1.01. The quantitative estimate of drug-likeness (QED) is 0.517. The maximum absolute atomic E-state index is 11.1. The Labute approximate surface area is 171 Å². The van der Waals surface area contributed by atoms with Crippen molar-refractivity contribution in [2.45, 2.75) is 0 Å². The number of carboxylic acid groups (broad SMARTS) is 2. The van der Waals surface area contributed by atoms with Gasteiger partial charge in [0.15, 0.2) is 17.5 Å². The molecule has 0 unspecified atom stereocenters. The molecule has 0 aliphatic carbocycles. The average Bonchev–Trinajstić information content (AvgIpc) is 2.79. The van der Waals surface area contributed by atoms with Crippen LogP contribution in [0.15, 0.2) is 78.9 Å². The molecule has 0 aliphatic rings. The number of hydrogen-bond acceptors (Lipinski definition) is 5. The van der Waals surface area contributed by atoms with Crippen LogP contribution in [0.4, 0.5) is 0 Å². The number of aromatic nitrogens is 3. The van der Waals surface area contributed by atoms with Gasteiger partial charge in [-0.15, -0.1) is 0 Å². The van der Waals surface area contributed by atoms with Crippen LogP contribution in [-0.4, -0.2) is 37.1 Å². The normalized spacial score (nSPS) is 10.5. The van der Waals surface area contributed by atoms with Gasteiger partial charge in [-0.1, -0.05) is 54.6 Å². The van der Waals surface area contributed by atoms with E-state index >= 15 is 0 Å². The number of rotatable bonds is 5. The lowest BCUT2D eigenvalue weighted by Crippen LogP contribution is -2.01. The highest BCUT2D eigenvalue weighted by molar-refractivity contribution is 5.88. The van der Waals surface area contributed by atoms with E-state index < -0.39 is 11.9 Å². The van der Waals surface area contributed by atoms with Crippen LogP contribution < -0.4 is 0 Å². The lowest BCUT2D eigenvalue weighted by atomic mass is 10.1. The minimum Gasteiger partial charge on any atom is -0.478 e. The zero-order valence-corrected chi connectivity index (χ0v) is 15.6. The van der Waals surface area contributed by atoms with Gasteiger partial charge >= 0.3 is 11.9 Å². The molecule has 1 heterocycles. The SMILES string of the molecule is O=C(O)c1ccc(-c2nc(-c3ccccc3)nc(-c3ccc(C(=O)O)cc3)n2)cc1. The highest BCUT2D eigenvalue weighted by Gasteiger charge is 2.13. The molecule has 0 saturated carbocycles. The second-order valence-corrected chi connectivity index (χ2v) is 6.44. The smallest absolute Gasteiger partial charge is 0.335 e. The zero-order chi connectivity index (χ0) is 21.1. The average molecular weight is 397 g/mol. The highest BCUT2D eigenvalue weighted by Crippen LogP contribution is 2.25. The van der Waals surface area contributed by atoms with Gasteiger partial charge in [0.2, 0.25) is 0 Å². The van der Waals surface area contributed by atoms with Gasteiger partial charge in [0, 0.05) is 16.7 Å². The van der Waals surface area contributed by atoms with Crippen LogP contribution in [0.2, 0.25) is 0 Å². The summed E-state index contributed by atoms with van der Waals surface area (Å²) < 4.78 is 0. The fourth-order valence-electron chi connectivity index (χ4n) is 2.87. The zero-order valence-electron chi connectivity index (χ0n) is 15.6. The van der Waals surface area contributed by atoms with E-state index in [9.17, 15) is 9.59 Å². The molecular formula is C23H15N3O4. The van der Waals surface area contributed by atoms with E-state index in [1.165, 1.54) is 24.3 Å². The van der Waals surface area contributed by atoms with E-state index in [0.717, 1.165) is 5.56 Å². The van der Waals surface area contributed by atoms with Crippen molar-refractivity contribution < 1.29 is 19.8 Å². The van der Waals surface area contributed by atoms with Gasteiger partial charge in [-0.3, -0.25) is 0 Å². The van der Waals surface area contributed by atoms with Crippen molar-refractivity contribution in [2.24, 2.45) is 0 Å². The fraction of sp³-hybridized carbons (Fsp3) is 0. The molecule has 0 saturated heterocycles.